The number of carbonyl (C=O) groups is 1. The van der Waals surface area contributed by atoms with Crippen LogP contribution in [0.3, 0.4) is 0 Å². The Bertz CT molecular complexity index is 506. The minimum absolute atomic E-state index is 0.109. The lowest BCUT2D eigenvalue weighted by atomic mass is 9.85. The first kappa shape index (κ1) is 14.8. The van der Waals surface area contributed by atoms with E-state index in [-0.39, 0.29) is 11.5 Å². The Labute approximate surface area is 118 Å². The molecular weight excluding hydrogens is 256 g/mol. The summed E-state index contributed by atoms with van der Waals surface area (Å²) in [7, 11) is 0. The molecule has 20 heavy (non-hydrogen) atoms. The van der Waals surface area contributed by atoms with Crippen molar-refractivity contribution in [3.05, 3.63) is 34.2 Å². The number of hydrogen-bond acceptors (Lipinski definition) is 3. The molecule has 110 valence electrons. The number of carbonyl (C=O) groups excluding carboxylic acids is 1. The SMILES string of the molecule is CCOCCn1cc(C(=O)NCC2CCC2)ccc1=O. The lowest BCUT2D eigenvalue weighted by Gasteiger charge is -2.25. The van der Waals surface area contributed by atoms with Gasteiger partial charge in [0.1, 0.15) is 0 Å². The van der Waals surface area contributed by atoms with Gasteiger partial charge in [-0.2, -0.15) is 0 Å². The Hall–Kier alpha value is -1.62. The average Bonchev–Trinajstić information content (AvgIpc) is 2.39. The molecule has 1 fully saturated rings. The highest BCUT2D eigenvalue weighted by molar-refractivity contribution is 5.93. The maximum Gasteiger partial charge on any atom is 0.252 e. The van der Waals surface area contributed by atoms with Gasteiger partial charge in [0.25, 0.3) is 11.5 Å². The van der Waals surface area contributed by atoms with Crippen LogP contribution in [0.4, 0.5) is 0 Å². The normalized spacial score (nSPS) is 14.8. The van der Waals surface area contributed by atoms with Gasteiger partial charge >= 0.3 is 0 Å². The number of amides is 1. The van der Waals surface area contributed by atoms with E-state index in [1.165, 1.54) is 29.9 Å². The zero-order chi connectivity index (χ0) is 14.4. The van der Waals surface area contributed by atoms with Crippen molar-refractivity contribution in [3.8, 4) is 0 Å². The van der Waals surface area contributed by atoms with E-state index in [0.717, 1.165) is 6.54 Å². The summed E-state index contributed by atoms with van der Waals surface area (Å²) in [5, 5.41) is 2.93. The van der Waals surface area contributed by atoms with Gasteiger partial charge in [0.05, 0.1) is 12.2 Å². The van der Waals surface area contributed by atoms with E-state index in [0.29, 0.717) is 31.2 Å². The predicted molar refractivity (Wildman–Crippen MR) is 76.9 cm³/mol. The lowest BCUT2D eigenvalue weighted by molar-refractivity contribution is 0.0937. The van der Waals surface area contributed by atoms with Gasteiger partial charge in [0.15, 0.2) is 0 Å². The molecule has 0 radical (unpaired) electrons. The van der Waals surface area contributed by atoms with Gasteiger partial charge in [-0.1, -0.05) is 6.42 Å². The van der Waals surface area contributed by atoms with Crippen LogP contribution in [0.2, 0.25) is 0 Å². The van der Waals surface area contributed by atoms with Crippen LogP contribution in [-0.4, -0.2) is 30.2 Å². The first-order chi connectivity index (χ1) is 9.70. The molecule has 5 nitrogen and oxygen atoms in total. The molecule has 1 aromatic heterocycles. The molecule has 1 aliphatic rings. The van der Waals surface area contributed by atoms with Crippen LogP contribution in [0.1, 0.15) is 36.5 Å². The van der Waals surface area contributed by atoms with Crippen molar-refractivity contribution in [2.75, 3.05) is 19.8 Å². The van der Waals surface area contributed by atoms with Gasteiger partial charge in [-0.05, 0) is 31.7 Å². The highest BCUT2D eigenvalue weighted by Gasteiger charge is 2.18. The molecule has 0 unspecified atom stereocenters. The molecule has 0 saturated heterocycles. The molecule has 0 bridgehead atoms. The van der Waals surface area contributed by atoms with Crippen molar-refractivity contribution in [1.29, 1.82) is 0 Å². The smallest absolute Gasteiger partial charge is 0.252 e. The van der Waals surface area contributed by atoms with Gasteiger partial charge in [0.2, 0.25) is 0 Å². The Morgan fingerprint density at radius 1 is 1.45 bits per heavy atom. The minimum atomic E-state index is -0.111. The summed E-state index contributed by atoms with van der Waals surface area (Å²) in [6.45, 7) is 4.21. The highest BCUT2D eigenvalue weighted by Crippen LogP contribution is 2.25. The molecule has 1 aromatic rings. The fourth-order valence-electron chi connectivity index (χ4n) is 2.18. The van der Waals surface area contributed by atoms with Crippen molar-refractivity contribution in [3.63, 3.8) is 0 Å². The van der Waals surface area contributed by atoms with E-state index in [2.05, 4.69) is 5.32 Å². The van der Waals surface area contributed by atoms with Gasteiger partial charge in [-0.25, -0.2) is 0 Å². The molecule has 1 heterocycles. The largest absolute Gasteiger partial charge is 0.380 e. The van der Waals surface area contributed by atoms with Crippen molar-refractivity contribution in [2.45, 2.75) is 32.7 Å². The Morgan fingerprint density at radius 2 is 2.25 bits per heavy atom. The van der Waals surface area contributed by atoms with Crippen molar-refractivity contribution in [1.82, 2.24) is 9.88 Å². The molecule has 0 spiro atoms. The standard InChI is InChI=1S/C15H22N2O3/c1-2-20-9-8-17-11-13(6-7-14(17)18)15(19)16-10-12-4-3-5-12/h6-7,11-12H,2-5,8-10H2,1H3,(H,16,19). The average molecular weight is 278 g/mol. The number of ether oxygens (including phenoxy) is 1. The maximum atomic E-state index is 12.0. The Morgan fingerprint density at radius 3 is 2.90 bits per heavy atom. The third kappa shape index (κ3) is 3.93. The van der Waals surface area contributed by atoms with E-state index >= 15 is 0 Å². The molecule has 0 aliphatic heterocycles. The summed E-state index contributed by atoms with van der Waals surface area (Å²) in [5.74, 6) is 0.518. The van der Waals surface area contributed by atoms with E-state index in [4.69, 9.17) is 4.74 Å². The molecule has 5 heteroatoms. The first-order valence-electron chi connectivity index (χ1n) is 7.27. The zero-order valence-electron chi connectivity index (χ0n) is 11.9. The summed E-state index contributed by atoms with van der Waals surface area (Å²) in [6.07, 6.45) is 5.28. The second-order valence-corrected chi connectivity index (χ2v) is 5.15. The molecule has 1 aliphatic carbocycles. The summed E-state index contributed by atoms with van der Waals surface area (Å²) in [6, 6.07) is 3.01. The Kier molecular flexibility index (Phi) is 5.35. The Balaban J connectivity index is 1.94. The highest BCUT2D eigenvalue weighted by atomic mass is 16.5. The lowest BCUT2D eigenvalue weighted by Crippen LogP contribution is -2.33. The first-order valence-corrected chi connectivity index (χ1v) is 7.27. The fourth-order valence-corrected chi connectivity index (χ4v) is 2.18. The summed E-state index contributed by atoms with van der Waals surface area (Å²) in [5.41, 5.74) is 0.417. The van der Waals surface area contributed by atoms with Gasteiger partial charge in [-0.15, -0.1) is 0 Å². The quantitative estimate of drug-likeness (QED) is 0.767. The number of nitrogens with zero attached hydrogens (tertiary/aromatic N) is 1. The zero-order valence-corrected chi connectivity index (χ0v) is 11.9. The topological polar surface area (TPSA) is 60.3 Å². The molecule has 1 saturated carbocycles. The minimum Gasteiger partial charge on any atom is -0.380 e. The van der Waals surface area contributed by atoms with Crippen LogP contribution >= 0.6 is 0 Å². The molecule has 0 aromatic carbocycles. The number of rotatable bonds is 7. The molecule has 1 N–H and O–H groups in total. The van der Waals surface area contributed by atoms with E-state index < -0.39 is 0 Å². The van der Waals surface area contributed by atoms with Gasteiger partial charge in [0, 0.05) is 32.0 Å². The summed E-state index contributed by atoms with van der Waals surface area (Å²) < 4.78 is 6.76. The fraction of sp³-hybridized carbons (Fsp3) is 0.600. The maximum absolute atomic E-state index is 12.0. The third-order valence-corrected chi connectivity index (χ3v) is 3.70. The molecule has 1 amide bonds. The van der Waals surface area contributed by atoms with Crippen molar-refractivity contribution >= 4 is 5.91 Å². The number of pyridine rings is 1. The van der Waals surface area contributed by atoms with Gasteiger partial charge < -0.3 is 14.6 Å². The van der Waals surface area contributed by atoms with Crippen LogP contribution < -0.4 is 10.9 Å². The summed E-state index contributed by atoms with van der Waals surface area (Å²) in [4.78, 5) is 23.7. The molecule has 0 atom stereocenters. The predicted octanol–water partition coefficient (Wildman–Crippen LogP) is 1.41. The van der Waals surface area contributed by atoms with Crippen LogP contribution in [0.5, 0.6) is 0 Å². The molecule has 2 rings (SSSR count). The monoisotopic (exact) mass is 278 g/mol. The third-order valence-electron chi connectivity index (χ3n) is 3.70. The van der Waals surface area contributed by atoms with Crippen LogP contribution in [-0.2, 0) is 11.3 Å². The molecular formula is C15H22N2O3. The summed E-state index contributed by atoms with van der Waals surface area (Å²) >= 11 is 0. The van der Waals surface area contributed by atoms with E-state index in [1.54, 1.807) is 12.3 Å². The van der Waals surface area contributed by atoms with Crippen molar-refractivity contribution in [2.24, 2.45) is 5.92 Å². The number of aromatic nitrogens is 1. The second kappa shape index (κ2) is 7.24. The van der Waals surface area contributed by atoms with Crippen molar-refractivity contribution < 1.29 is 9.53 Å². The second-order valence-electron chi connectivity index (χ2n) is 5.15. The van der Waals surface area contributed by atoms with Crippen LogP contribution in [0.15, 0.2) is 23.1 Å². The number of hydrogen-bond donors (Lipinski definition) is 1. The van der Waals surface area contributed by atoms with Gasteiger partial charge in [-0.3, -0.25) is 9.59 Å². The van der Waals surface area contributed by atoms with Crippen LogP contribution in [0, 0.1) is 5.92 Å². The number of nitrogens with one attached hydrogen (secondary N) is 1. The van der Waals surface area contributed by atoms with E-state index in [1.807, 2.05) is 6.92 Å². The van der Waals surface area contributed by atoms with Crippen LogP contribution in [0.25, 0.3) is 0 Å². The van der Waals surface area contributed by atoms with E-state index in [9.17, 15) is 9.59 Å².